The summed E-state index contributed by atoms with van der Waals surface area (Å²) < 4.78 is 5.17. The number of nitrogens with zero attached hydrogens (tertiary/aromatic N) is 2. The second kappa shape index (κ2) is 9.89. The number of ether oxygens (including phenoxy) is 1. The number of piperidine rings is 1. The van der Waals surface area contributed by atoms with Crippen LogP contribution in [0.5, 0.6) is 0 Å². The molecule has 1 aromatic rings. The Hall–Kier alpha value is -1.65. The molecule has 2 heterocycles. The molecule has 1 saturated heterocycles. The van der Waals surface area contributed by atoms with Gasteiger partial charge in [0.05, 0.1) is 6.61 Å². The normalized spacial score (nSPS) is 22.6. The predicted octanol–water partition coefficient (Wildman–Crippen LogP) is 2.99. The first kappa shape index (κ1) is 19.1. The second-order valence-corrected chi connectivity index (χ2v) is 7.51. The van der Waals surface area contributed by atoms with Crippen LogP contribution in [-0.4, -0.2) is 62.1 Å². The molecule has 1 fully saturated rings. The third kappa shape index (κ3) is 5.18. The average molecular weight is 357 g/mol. The third-order valence-electron chi connectivity index (χ3n) is 5.84. The topological polar surface area (TPSA) is 32.8 Å². The van der Waals surface area contributed by atoms with E-state index in [4.69, 9.17) is 4.74 Å². The van der Waals surface area contributed by atoms with Crippen LogP contribution in [0.25, 0.3) is 0 Å². The maximum absolute atomic E-state index is 13.0. The Balaban J connectivity index is 1.48. The highest BCUT2D eigenvalue weighted by Gasteiger charge is 2.33. The standard InChI is InChI=1S/C22H32N2O2/c1-26-18-17-24-13-6-5-9-21(22(24)25)20-11-15-23(16-12-20)14-10-19-7-3-2-4-8-19/h2-8,20-21H,9-18H2,1H3/t21-/m1/s1. The summed E-state index contributed by atoms with van der Waals surface area (Å²) in [4.78, 5) is 17.5. The van der Waals surface area contributed by atoms with Crippen LogP contribution in [0.1, 0.15) is 24.8 Å². The highest BCUT2D eigenvalue weighted by atomic mass is 16.5. The SMILES string of the molecule is COCCN1CC=CC[C@H](C2CCN(CCc3ccccc3)CC2)C1=O. The zero-order valence-corrected chi connectivity index (χ0v) is 16.0. The summed E-state index contributed by atoms with van der Waals surface area (Å²) >= 11 is 0. The largest absolute Gasteiger partial charge is 0.383 e. The molecule has 2 aliphatic heterocycles. The first-order chi connectivity index (χ1) is 12.8. The molecule has 0 unspecified atom stereocenters. The van der Waals surface area contributed by atoms with Crippen LogP contribution in [0.15, 0.2) is 42.5 Å². The van der Waals surface area contributed by atoms with Crippen molar-refractivity contribution in [1.82, 2.24) is 9.80 Å². The highest BCUT2D eigenvalue weighted by Crippen LogP contribution is 2.30. The fourth-order valence-corrected chi connectivity index (χ4v) is 4.18. The number of amides is 1. The highest BCUT2D eigenvalue weighted by molar-refractivity contribution is 5.80. The molecule has 0 spiro atoms. The summed E-state index contributed by atoms with van der Waals surface area (Å²) in [6, 6.07) is 10.7. The first-order valence-electron chi connectivity index (χ1n) is 9.97. The number of carbonyl (C=O) groups excluding carboxylic acids is 1. The first-order valence-corrected chi connectivity index (χ1v) is 9.97. The molecule has 0 N–H and O–H groups in total. The van der Waals surface area contributed by atoms with Crippen LogP contribution in [0.3, 0.4) is 0 Å². The lowest BCUT2D eigenvalue weighted by Gasteiger charge is -2.36. The van der Waals surface area contributed by atoms with Gasteiger partial charge in [0.25, 0.3) is 0 Å². The van der Waals surface area contributed by atoms with E-state index in [1.54, 1.807) is 7.11 Å². The van der Waals surface area contributed by atoms with Crippen molar-refractivity contribution in [2.45, 2.75) is 25.7 Å². The van der Waals surface area contributed by atoms with Gasteiger partial charge in [0, 0.05) is 32.7 Å². The van der Waals surface area contributed by atoms with Crippen molar-refractivity contribution in [2.75, 3.05) is 46.4 Å². The number of hydrogen-bond donors (Lipinski definition) is 0. The Morgan fingerprint density at radius 3 is 2.58 bits per heavy atom. The van der Waals surface area contributed by atoms with Crippen LogP contribution in [0.4, 0.5) is 0 Å². The molecule has 4 nitrogen and oxygen atoms in total. The molecule has 0 bridgehead atoms. The van der Waals surface area contributed by atoms with Crippen molar-refractivity contribution in [1.29, 1.82) is 0 Å². The molecule has 1 atom stereocenters. The molecule has 26 heavy (non-hydrogen) atoms. The molecule has 2 aliphatic rings. The average Bonchev–Trinajstić information content (AvgIpc) is 2.87. The van der Waals surface area contributed by atoms with E-state index in [0.29, 0.717) is 25.0 Å². The smallest absolute Gasteiger partial charge is 0.226 e. The van der Waals surface area contributed by atoms with Crippen molar-refractivity contribution in [3.8, 4) is 0 Å². The summed E-state index contributed by atoms with van der Waals surface area (Å²) in [5.74, 6) is 1.000. The van der Waals surface area contributed by atoms with Crippen molar-refractivity contribution in [2.24, 2.45) is 11.8 Å². The molecular formula is C22H32N2O2. The van der Waals surface area contributed by atoms with Gasteiger partial charge in [-0.3, -0.25) is 4.79 Å². The number of benzene rings is 1. The van der Waals surface area contributed by atoms with Crippen LogP contribution < -0.4 is 0 Å². The number of carbonyl (C=O) groups is 1. The third-order valence-corrected chi connectivity index (χ3v) is 5.84. The van der Waals surface area contributed by atoms with Crippen molar-refractivity contribution in [3.63, 3.8) is 0 Å². The molecule has 1 aromatic carbocycles. The Bertz CT molecular complexity index is 579. The Morgan fingerprint density at radius 1 is 1.08 bits per heavy atom. The molecule has 0 radical (unpaired) electrons. The second-order valence-electron chi connectivity index (χ2n) is 7.51. The fraction of sp³-hybridized carbons (Fsp3) is 0.591. The molecular weight excluding hydrogens is 324 g/mol. The van der Waals surface area contributed by atoms with E-state index in [1.165, 1.54) is 5.56 Å². The number of methoxy groups -OCH3 is 1. The molecule has 142 valence electrons. The molecule has 0 aromatic heterocycles. The van der Waals surface area contributed by atoms with Crippen molar-refractivity contribution >= 4 is 5.91 Å². The minimum atomic E-state index is 0.155. The zero-order valence-electron chi connectivity index (χ0n) is 16.0. The van der Waals surface area contributed by atoms with Gasteiger partial charge in [-0.25, -0.2) is 0 Å². The summed E-state index contributed by atoms with van der Waals surface area (Å²) in [6.07, 6.45) is 8.63. The van der Waals surface area contributed by atoms with Crippen LogP contribution in [-0.2, 0) is 16.0 Å². The van der Waals surface area contributed by atoms with Gasteiger partial charge in [-0.1, -0.05) is 42.5 Å². The summed E-state index contributed by atoms with van der Waals surface area (Å²) in [7, 11) is 1.70. The maximum atomic E-state index is 13.0. The van der Waals surface area contributed by atoms with Gasteiger partial charge in [0.2, 0.25) is 5.91 Å². The minimum absolute atomic E-state index is 0.155. The maximum Gasteiger partial charge on any atom is 0.226 e. The van der Waals surface area contributed by atoms with Gasteiger partial charge in [-0.2, -0.15) is 0 Å². The van der Waals surface area contributed by atoms with Crippen LogP contribution >= 0.6 is 0 Å². The molecule has 1 amide bonds. The number of likely N-dealkylation sites (tertiary alicyclic amines) is 1. The van der Waals surface area contributed by atoms with E-state index >= 15 is 0 Å². The lowest BCUT2D eigenvalue weighted by atomic mass is 9.81. The number of hydrogen-bond acceptors (Lipinski definition) is 3. The van der Waals surface area contributed by atoms with Crippen LogP contribution in [0, 0.1) is 11.8 Å². The van der Waals surface area contributed by atoms with Gasteiger partial charge in [0.15, 0.2) is 0 Å². The Kier molecular flexibility index (Phi) is 7.27. The quantitative estimate of drug-likeness (QED) is 0.704. The van der Waals surface area contributed by atoms with E-state index in [9.17, 15) is 4.79 Å². The van der Waals surface area contributed by atoms with Gasteiger partial charge >= 0.3 is 0 Å². The molecule has 0 saturated carbocycles. The minimum Gasteiger partial charge on any atom is -0.383 e. The molecule has 3 rings (SSSR count). The van der Waals surface area contributed by atoms with Gasteiger partial charge in [-0.15, -0.1) is 0 Å². The molecule has 4 heteroatoms. The van der Waals surface area contributed by atoms with E-state index < -0.39 is 0 Å². The lowest BCUT2D eigenvalue weighted by Crippen LogP contribution is -2.43. The van der Waals surface area contributed by atoms with Gasteiger partial charge in [0.1, 0.15) is 0 Å². The van der Waals surface area contributed by atoms with Crippen LogP contribution in [0.2, 0.25) is 0 Å². The summed E-state index contributed by atoms with van der Waals surface area (Å²) in [5.41, 5.74) is 1.41. The van der Waals surface area contributed by atoms with E-state index in [1.807, 2.05) is 4.90 Å². The fourth-order valence-electron chi connectivity index (χ4n) is 4.18. The monoisotopic (exact) mass is 356 g/mol. The molecule has 0 aliphatic carbocycles. The summed E-state index contributed by atoms with van der Waals surface area (Å²) in [6.45, 7) is 5.40. The van der Waals surface area contributed by atoms with Gasteiger partial charge < -0.3 is 14.5 Å². The van der Waals surface area contributed by atoms with Crippen molar-refractivity contribution in [3.05, 3.63) is 48.0 Å². The summed E-state index contributed by atoms with van der Waals surface area (Å²) in [5, 5.41) is 0. The van der Waals surface area contributed by atoms with E-state index in [-0.39, 0.29) is 5.92 Å². The Labute approximate surface area is 157 Å². The number of rotatable bonds is 7. The predicted molar refractivity (Wildman–Crippen MR) is 105 cm³/mol. The Morgan fingerprint density at radius 2 is 1.85 bits per heavy atom. The lowest BCUT2D eigenvalue weighted by molar-refractivity contribution is -0.137. The van der Waals surface area contributed by atoms with Gasteiger partial charge in [-0.05, 0) is 50.3 Å². The van der Waals surface area contributed by atoms with E-state index in [2.05, 4.69) is 47.4 Å². The van der Waals surface area contributed by atoms with E-state index in [0.717, 1.165) is 51.9 Å². The van der Waals surface area contributed by atoms with Crippen molar-refractivity contribution < 1.29 is 9.53 Å². The zero-order chi connectivity index (χ0) is 18.2. The number of allylic oxidation sites excluding steroid dienone is 1.